The monoisotopic (exact) mass is 442 g/mol. The molecule has 0 bridgehead atoms. The van der Waals surface area contributed by atoms with E-state index in [9.17, 15) is 18.0 Å². The molecule has 10 nitrogen and oxygen atoms in total. The van der Waals surface area contributed by atoms with Gasteiger partial charge in [-0.25, -0.2) is 15.0 Å². The molecule has 0 aliphatic rings. The number of hydrogen-bond acceptors (Lipinski definition) is 7. The van der Waals surface area contributed by atoms with Crippen molar-refractivity contribution in [3.8, 4) is 11.6 Å². The van der Waals surface area contributed by atoms with Crippen LogP contribution in [0, 0.1) is 0 Å². The zero-order valence-corrected chi connectivity index (χ0v) is 16.2. The second-order valence-corrected chi connectivity index (χ2v) is 6.98. The van der Waals surface area contributed by atoms with Crippen LogP contribution in [0.25, 0.3) is 33.7 Å². The van der Waals surface area contributed by atoms with Gasteiger partial charge in [0.05, 0.1) is 34.2 Å². The van der Waals surface area contributed by atoms with Crippen molar-refractivity contribution in [1.82, 2.24) is 40.6 Å². The average molecular weight is 442 g/mol. The van der Waals surface area contributed by atoms with Gasteiger partial charge in [0, 0.05) is 6.07 Å². The molecular formula is C19H13F3N8O2. The molecule has 4 aromatic heterocycles. The molecule has 162 valence electrons. The van der Waals surface area contributed by atoms with E-state index in [0.717, 1.165) is 12.1 Å². The number of nitrogens with one attached hydrogen (secondary N) is 3. The van der Waals surface area contributed by atoms with Crippen LogP contribution in [0.1, 0.15) is 34.7 Å². The number of carbonyl (C=O) groups is 1. The summed E-state index contributed by atoms with van der Waals surface area (Å²) >= 11 is 0. The maximum Gasteiger partial charge on any atom is 0.416 e. The largest absolute Gasteiger partial charge is 0.416 e. The van der Waals surface area contributed by atoms with Crippen molar-refractivity contribution in [2.75, 3.05) is 0 Å². The maximum absolute atomic E-state index is 12.9. The van der Waals surface area contributed by atoms with Gasteiger partial charge in [0.25, 0.3) is 5.91 Å². The summed E-state index contributed by atoms with van der Waals surface area (Å²) in [5, 5.41) is 13.7. The van der Waals surface area contributed by atoms with Crippen molar-refractivity contribution >= 4 is 28.0 Å². The zero-order valence-electron chi connectivity index (χ0n) is 16.2. The number of halogens is 3. The number of rotatable bonds is 4. The lowest BCUT2D eigenvalue weighted by atomic mass is 10.2. The Morgan fingerprint density at radius 1 is 1.22 bits per heavy atom. The first-order valence-electron chi connectivity index (χ1n) is 9.28. The van der Waals surface area contributed by atoms with Gasteiger partial charge in [-0.05, 0) is 25.1 Å². The molecule has 0 aliphatic carbocycles. The third-order valence-electron chi connectivity index (χ3n) is 4.83. The maximum atomic E-state index is 12.9. The van der Waals surface area contributed by atoms with Gasteiger partial charge in [0.1, 0.15) is 17.7 Å². The fourth-order valence-corrected chi connectivity index (χ4v) is 3.19. The molecule has 5 rings (SSSR count). The highest BCUT2D eigenvalue weighted by molar-refractivity contribution is 6.03. The third-order valence-corrected chi connectivity index (χ3v) is 4.83. The summed E-state index contributed by atoms with van der Waals surface area (Å²) in [6.45, 7) is 1.70. The lowest BCUT2D eigenvalue weighted by Gasteiger charge is -2.10. The number of carbonyl (C=O) groups excluding carboxylic acids is 1. The van der Waals surface area contributed by atoms with Crippen LogP contribution in [0.15, 0.2) is 41.3 Å². The number of fused-ring (bicyclic) bond motifs is 2. The van der Waals surface area contributed by atoms with Crippen molar-refractivity contribution < 1.29 is 22.5 Å². The summed E-state index contributed by atoms with van der Waals surface area (Å²) in [5.74, 6) is -0.0307. The number of benzene rings is 1. The Balaban J connectivity index is 1.37. The number of aromatic nitrogens is 7. The molecule has 5 aromatic rings. The van der Waals surface area contributed by atoms with Crippen LogP contribution < -0.4 is 5.32 Å². The van der Waals surface area contributed by atoms with Gasteiger partial charge in [-0.15, -0.1) is 0 Å². The zero-order chi connectivity index (χ0) is 22.5. The van der Waals surface area contributed by atoms with Crippen LogP contribution >= 0.6 is 0 Å². The number of hydrogen-bond donors (Lipinski definition) is 3. The molecule has 1 aromatic carbocycles. The third kappa shape index (κ3) is 3.42. The topological polar surface area (TPSA) is 138 Å². The summed E-state index contributed by atoms with van der Waals surface area (Å²) in [5.41, 5.74) is 0.743. The molecule has 4 heterocycles. The van der Waals surface area contributed by atoms with E-state index in [0.29, 0.717) is 22.2 Å². The van der Waals surface area contributed by atoms with E-state index in [1.807, 2.05) is 0 Å². The Hall–Kier alpha value is -4.29. The molecule has 13 heteroatoms. The number of aromatic amines is 2. The molecule has 0 spiro atoms. The van der Waals surface area contributed by atoms with Crippen LogP contribution in [0.4, 0.5) is 13.2 Å². The predicted octanol–water partition coefficient (Wildman–Crippen LogP) is 3.39. The Morgan fingerprint density at radius 2 is 2.06 bits per heavy atom. The van der Waals surface area contributed by atoms with Gasteiger partial charge < -0.3 is 14.8 Å². The molecule has 1 atom stereocenters. The molecule has 0 saturated heterocycles. The van der Waals surface area contributed by atoms with Gasteiger partial charge in [-0.1, -0.05) is 5.16 Å². The summed E-state index contributed by atoms with van der Waals surface area (Å²) in [6.07, 6.45) is -1.76. The highest BCUT2D eigenvalue weighted by Gasteiger charge is 2.31. The van der Waals surface area contributed by atoms with Crippen molar-refractivity contribution in [1.29, 1.82) is 0 Å². The van der Waals surface area contributed by atoms with E-state index in [1.54, 1.807) is 13.0 Å². The smallest absolute Gasteiger partial charge is 0.353 e. The van der Waals surface area contributed by atoms with E-state index < -0.39 is 23.7 Å². The van der Waals surface area contributed by atoms with Gasteiger partial charge in [-0.2, -0.15) is 18.3 Å². The number of alkyl halides is 3. The van der Waals surface area contributed by atoms with Crippen molar-refractivity contribution in [3.63, 3.8) is 0 Å². The van der Waals surface area contributed by atoms with Crippen LogP contribution in [0.3, 0.4) is 0 Å². The minimum absolute atomic E-state index is 0.150. The molecule has 1 amide bonds. The molecular weight excluding hydrogens is 429 g/mol. The van der Waals surface area contributed by atoms with E-state index in [2.05, 4.69) is 40.6 Å². The van der Waals surface area contributed by atoms with Gasteiger partial charge in [-0.3, -0.25) is 9.89 Å². The van der Waals surface area contributed by atoms with E-state index in [1.165, 1.54) is 18.6 Å². The lowest BCUT2D eigenvalue weighted by molar-refractivity contribution is -0.137. The molecule has 0 unspecified atom stereocenters. The number of nitrogens with zero attached hydrogens (tertiary/aromatic N) is 5. The first-order chi connectivity index (χ1) is 15.3. The lowest BCUT2D eigenvalue weighted by Crippen LogP contribution is -2.27. The Labute approximate surface area is 176 Å². The Morgan fingerprint density at radius 3 is 2.88 bits per heavy atom. The minimum Gasteiger partial charge on any atom is -0.353 e. The molecule has 0 aliphatic heterocycles. The van der Waals surface area contributed by atoms with Crippen molar-refractivity contribution in [2.45, 2.75) is 19.1 Å². The average Bonchev–Trinajstić information content (AvgIpc) is 3.50. The molecule has 0 fully saturated rings. The summed E-state index contributed by atoms with van der Waals surface area (Å²) in [6, 6.07) is 4.19. The molecule has 0 saturated carbocycles. The van der Waals surface area contributed by atoms with Gasteiger partial charge in [0.2, 0.25) is 5.76 Å². The van der Waals surface area contributed by atoms with E-state index >= 15 is 0 Å². The standard InChI is InChI=1S/C19H13F3N8O2/c1-8(26-18(31)15-10-6-25-29-16(10)24-7-23-15)12-5-14(32-30-12)17-27-11-3-2-9(19(20,21)22)4-13(11)28-17/h2-8H,1H3,(H,26,31)(H,27,28)(H,23,24,25,29)/t8-/m0/s1. The van der Waals surface area contributed by atoms with Crippen LogP contribution in [-0.2, 0) is 6.18 Å². The van der Waals surface area contributed by atoms with Crippen LogP contribution in [-0.4, -0.2) is 41.2 Å². The van der Waals surface area contributed by atoms with Gasteiger partial charge >= 0.3 is 6.18 Å². The molecule has 3 N–H and O–H groups in total. The SMILES string of the molecule is C[C@H](NC(=O)c1ncnc2[nH]ncc12)c1cc(-c2nc3ccc(C(F)(F)F)cc3[nH]2)on1. The van der Waals surface area contributed by atoms with Crippen LogP contribution in [0.2, 0.25) is 0 Å². The van der Waals surface area contributed by atoms with E-state index in [4.69, 9.17) is 4.52 Å². The van der Waals surface area contributed by atoms with Crippen molar-refractivity contribution in [2.24, 2.45) is 0 Å². The highest BCUT2D eigenvalue weighted by Crippen LogP contribution is 2.32. The second-order valence-electron chi connectivity index (χ2n) is 6.98. The molecule has 32 heavy (non-hydrogen) atoms. The summed E-state index contributed by atoms with van der Waals surface area (Å²) < 4.78 is 44.1. The molecule has 0 radical (unpaired) electrons. The fraction of sp³-hybridized carbons (Fsp3) is 0.158. The Bertz CT molecular complexity index is 1450. The number of imidazole rings is 1. The summed E-state index contributed by atoms with van der Waals surface area (Å²) in [7, 11) is 0. The number of amides is 1. The van der Waals surface area contributed by atoms with Crippen LogP contribution in [0.5, 0.6) is 0 Å². The summed E-state index contributed by atoms with van der Waals surface area (Å²) in [4.78, 5) is 27.7. The Kier molecular flexibility index (Phi) is 4.39. The van der Waals surface area contributed by atoms with Crippen molar-refractivity contribution in [3.05, 3.63) is 53.7 Å². The number of H-pyrrole nitrogens is 2. The van der Waals surface area contributed by atoms with E-state index in [-0.39, 0.29) is 22.8 Å². The fourth-order valence-electron chi connectivity index (χ4n) is 3.19. The van der Waals surface area contributed by atoms with Gasteiger partial charge in [0.15, 0.2) is 11.5 Å². The second kappa shape index (κ2) is 7.14. The first kappa shape index (κ1) is 19.7. The normalized spacial score (nSPS) is 13.0. The predicted molar refractivity (Wildman–Crippen MR) is 104 cm³/mol. The highest BCUT2D eigenvalue weighted by atomic mass is 19.4. The quantitative estimate of drug-likeness (QED) is 0.388. The minimum atomic E-state index is -4.46. The first-order valence-corrected chi connectivity index (χ1v) is 9.28.